The Bertz CT molecular complexity index is 283. The summed E-state index contributed by atoms with van der Waals surface area (Å²) in [5, 5.41) is 0.762. The fourth-order valence-corrected chi connectivity index (χ4v) is 5.54. The minimum Gasteiger partial charge on any atom is -0.351 e. The monoisotopic (exact) mass is 269 g/mol. The molecule has 0 radical (unpaired) electrons. The van der Waals surface area contributed by atoms with E-state index in [0.29, 0.717) is 12.1 Å². The van der Waals surface area contributed by atoms with E-state index in [1.807, 2.05) is 11.8 Å². The summed E-state index contributed by atoms with van der Waals surface area (Å²) in [7, 11) is 2.42. The Balaban J connectivity index is 2.12. The van der Waals surface area contributed by atoms with Gasteiger partial charge in [0, 0.05) is 17.3 Å². The molecule has 3 atom stereocenters. The van der Waals surface area contributed by atoms with Gasteiger partial charge < -0.3 is 4.90 Å². The number of rotatable bonds is 1. The van der Waals surface area contributed by atoms with Crippen LogP contribution < -0.4 is 0 Å². The Morgan fingerprint density at radius 1 is 1.29 bits per heavy atom. The average Bonchev–Trinajstić information content (AvgIpc) is 2.56. The van der Waals surface area contributed by atoms with E-state index in [-0.39, 0.29) is 0 Å². The molecule has 1 nitrogen and oxygen atoms in total. The molecule has 3 unspecified atom stereocenters. The standard InChI is InChI=1S/C13H24BNS2/c1-9(2)15-11-7-5-3-4-6-10(14)8-12(11)17-13(15)16/h9-12H,3-8,14H2,1-2H3. The largest absolute Gasteiger partial charge is 0.351 e. The SMILES string of the molecule is BC1CCCCCC2C(C1)SC(=S)N2C(C)C. The maximum absolute atomic E-state index is 5.58. The van der Waals surface area contributed by atoms with E-state index in [4.69, 9.17) is 12.2 Å². The molecule has 1 saturated heterocycles. The third-order valence-corrected chi connectivity index (χ3v) is 5.86. The number of hydrogen-bond donors (Lipinski definition) is 0. The molecule has 0 N–H and O–H groups in total. The third-order valence-electron chi connectivity index (χ3n) is 4.14. The number of hydrogen-bond acceptors (Lipinski definition) is 2. The fourth-order valence-electron chi connectivity index (χ4n) is 3.24. The quantitative estimate of drug-likeness (QED) is 0.531. The fraction of sp³-hybridized carbons (Fsp3) is 0.923. The first-order chi connectivity index (χ1) is 8.09. The smallest absolute Gasteiger partial charge is 0.137 e. The van der Waals surface area contributed by atoms with Gasteiger partial charge in [-0.1, -0.05) is 55.5 Å². The lowest BCUT2D eigenvalue weighted by Gasteiger charge is -2.32. The van der Waals surface area contributed by atoms with Gasteiger partial charge in [0.05, 0.1) is 0 Å². The molecule has 2 aliphatic rings. The Hall–Kier alpha value is 0.305. The van der Waals surface area contributed by atoms with E-state index in [2.05, 4.69) is 26.6 Å². The molecule has 0 bridgehead atoms. The summed E-state index contributed by atoms with van der Waals surface area (Å²) in [6.07, 6.45) is 8.36. The van der Waals surface area contributed by atoms with E-state index >= 15 is 0 Å². The summed E-state index contributed by atoms with van der Waals surface area (Å²) in [5.41, 5.74) is 0. The molecule has 1 heterocycles. The van der Waals surface area contributed by atoms with Crippen molar-refractivity contribution in [3.63, 3.8) is 0 Å². The van der Waals surface area contributed by atoms with E-state index in [9.17, 15) is 0 Å². The Morgan fingerprint density at radius 3 is 2.71 bits per heavy atom. The van der Waals surface area contributed by atoms with Crippen LogP contribution >= 0.6 is 24.0 Å². The van der Waals surface area contributed by atoms with Crippen molar-refractivity contribution in [3.05, 3.63) is 0 Å². The molecule has 4 heteroatoms. The van der Waals surface area contributed by atoms with Gasteiger partial charge in [0.1, 0.15) is 12.2 Å². The van der Waals surface area contributed by atoms with Crippen molar-refractivity contribution in [1.82, 2.24) is 4.90 Å². The van der Waals surface area contributed by atoms with Crippen LogP contribution in [0.5, 0.6) is 0 Å². The van der Waals surface area contributed by atoms with Crippen LogP contribution in [0.15, 0.2) is 0 Å². The second kappa shape index (κ2) is 5.96. The second-order valence-corrected chi connectivity index (χ2v) is 7.84. The molecule has 0 aromatic carbocycles. The number of thiocarbonyl (C=S) groups is 1. The first-order valence-corrected chi connectivity index (χ1v) is 8.37. The van der Waals surface area contributed by atoms with Gasteiger partial charge in [-0.15, -0.1) is 0 Å². The van der Waals surface area contributed by atoms with Gasteiger partial charge in [-0.25, -0.2) is 0 Å². The highest BCUT2D eigenvalue weighted by molar-refractivity contribution is 8.23. The first kappa shape index (κ1) is 13.7. The summed E-state index contributed by atoms with van der Waals surface area (Å²) in [6.45, 7) is 4.57. The van der Waals surface area contributed by atoms with Crippen LogP contribution in [0.2, 0.25) is 5.82 Å². The Morgan fingerprint density at radius 2 is 2.00 bits per heavy atom. The van der Waals surface area contributed by atoms with Crippen LogP contribution in [-0.2, 0) is 0 Å². The summed E-state index contributed by atoms with van der Waals surface area (Å²) < 4.78 is 1.16. The number of fused-ring (bicyclic) bond motifs is 1. The topological polar surface area (TPSA) is 3.24 Å². The maximum atomic E-state index is 5.58. The zero-order valence-corrected chi connectivity index (χ0v) is 12.9. The van der Waals surface area contributed by atoms with E-state index in [1.54, 1.807) is 0 Å². The van der Waals surface area contributed by atoms with Gasteiger partial charge >= 0.3 is 0 Å². The normalized spacial score (nSPS) is 35.4. The lowest BCUT2D eigenvalue weighted by atomic mass is 9.79. The summed E-state index contributed by atoms with van der Waals surface area (Å²) in [5.74, 6) is 0.878. The molecule has 1 saturated carbocycles. The Labute approximate surface area is 117 Å². The van der Waals surface area contributed by atoms with Crippen molar-refractivity contribution < 1.29 is 0 Å². The van der Waals surface area contributed by atoms with E-state index < -0.39 is 0 Å². The highest BCUT2D eigenvalue weighted by atomic mass is 32.2. The molecule has 0 spiro atoms. The molecule has 17 heavy (non-hydrogen) atoms. The summed E-state index contributed by atoms with van der Waals surface area (Å²) in [6, 6.07) is 1.29. The van der Waals surface area contributed by atoms with Crippen molar-refractivity contribution in [2.24, 2.45) is 0 Å². The second-order valence-electron chi connectivity index (χ2n) is 5.97. The molecular formula is C13H24BNS2. The Kier molecular flexibility index (Phi) is 4.82. The van der Waals surface area contributed by atoms with E-state index in [1.165, 1.54) is 38.5 Å². The summed E-state index contributed by atoms with van der Waals surface area (Å²) >= 11 is 7.56. The predicted molar refractivity (Wildman–Crippen MR) is 84.7 cm³/mol. The molecular weight excluding hydrogens is 245 g/mol. The van der Waals surface area contributed by atoms with Crippen molar-refractivity contribution in [2.75, 3.05) is 0 Å². The van der Waals surface area contributed by atoms with Crippen LogP contribution in [-0.4, -0.2) is 34.4 Å². The minimum atomic E-state index is 0.570. The molecule has 1 aliphatic heterocycles. The van der Waals surface area contributed by atoms with Crippen LogP contribution in [0.25, 0.3) is 0 Å². The van der Waals surface area contributed by atoms with Gasteiger partial charge in [0.2, 0.25) is 0 Å². The van der Waals surface area contributed by atoms with E-state index in [0.717, 1.165) is 15.4 Å². The van der Waals surface area contributed by atoms with Crippen molar-refractivity contribution in [1.29, 1.82) is 0 Å². The molecule has 2 rings (SSSR count). The van der Waals surface area contributed by atoms with Gasteiger partial charge in [-0.05, 0) is 26.7 Å². The zero-order valence-electron chi connectivity index (χ0n) is 11.3. The van der Waals surface area contributed by atoms with Crippen LogP contribution in [0, 0.1) is 0 Å². The summed E-state index contributed by atoms with van der Waals surface area (Å²) in [4.78, 5) is 2.52. The molecule has 0 aromatic rings. The number of nitrogens with zero attached hydrogens (tertiary/aromatic N) is 1. The van der Waals surface area contributed by atoms with Gasteiger partial charge in [-0.2, -0.15) is 0 Å². The molecule has 96 valence electrons. The molecule has 0 amide bonds. The van der Waals surface area contributed by atoms with Gasteiger partial charge in [0.25, 0.3) is 0 Å². The predicted octanol–water partition coefficient (Wildman–Crippen LogP) is 3.24. The molecule has 1 aliphatic carbocycles. The lowest BCUT2D eigenvalue weighted by molar-refractivity contribution is 0.254. The molecule has 0 aromatic heterocycles. The first-order valence-electron chi connectivity index (χ1n) is 7.08. The lowest BCUT2D eigenvalue weighted by Crippen LogP contribution is -2.41. The molecule has 2 fully saturated rings. The van der Waals surface area contributed by atoms with Gasteiger partial charge in [0.15, 0.2) is 0 Å². The minimum absolute atomic E-state index is 0.570. The van der Waals surface area contributed by atoms with Crippen LogP contribution in [0.1, 0.15) is 52.4 Å². The van der Waals surface area contributed by atoms with Crippen molar-refractivity contribution in [3.8, 4) is 0 Å². The van der Waals surface area contributed by atoms with Crippen molar-refractivity contribution >= 4 is 36.1 Å². The average molecular weight is 269 g/mol. The van der Waals surface area contributed by atoms with Crippen LogP contribution in [0.4, 0.5) is 0 Å². The maximum Gasteiger partial charge on any atom is 0.137 e. The van der Waals surface area contributed by atoms with Gasteiger partial charge in [-0.3, -0.25) is 0 Å². The highest BCUT2D eigenvalue weighted by Gasteiger charge is 2.39. The van der Waals surface area contributed by atoms with Crippen molar-refractivity contribution in [2.45, 2.75) is 75.5 Å². The zero-order chi connectivity index (χ0) is 12.4. The van der Waals surface area contributed by atoms with Crippen LogP contribution in [0.3, 0.4) is 0 Å². The third kappa shape index (κ3) is 3.20. The highest BCUT2D eigenvalue weighted by Crippen LogP contribution is 2.41. The number of thioether (sulfide) groups is 1.